The summed E-state index contributed by atoms with van der Waals surface area (Å²) < 4.78 is 42.1. The SMILES string of the molecule is CO[C@@](N)(c1ccc(C=O)cc1)[C@@H](O)C(F)(F)F. The van der Waals surface area contributed by atoms with E-state index in [1.807, 2.05) is 0 Å². The Hall–Kier alpha value is -1.44. The van der Waals surface area contributed by atoms with E-state index < -0.39 is 18.0 Å². The first kappa shape index (κ1) is 14.6. The van der Waals surface area contributed by atoms with Crippen LogP contribution in [0.25, 0.3) is 0 Å². The number of rotatable bonds is 4. The van der Waals surface area contributed by atoms with Crippen molar-refractivity contribution < 1.29 is 27.8 Å². The number of halogens is 3. The van der Waals surface area contributed by atoms with Gasteiger partial charge in [-0.15, -0.1) is 0 Å². The average molecular weight is 263 g/mol. The van der Waals surface area contributed by atoms with Crippen LogP contribution in [-0.2, 0) is 10.5 Å². The second-order valence-corrected chi connectivity index (χ2v) is 3.68. The van der Waals surface area contributed by atoms with E-state index in [-0.39, 0.29) is 11.1 Å². The summed E-state index contributed by atoms with van der Waals surface area (Å²) in [6.45, 7) is 0. The number of carbonyl (C=O) groups excluding carboxylic acids is 1. The van der Waals surface area contributed by atoms with Gasteiger partial charge in [-0.05, 0) is 0 Å². The van der Waals surface area contributed by atoms with Gasteiger partial charge in [0, 0.05) is 18.2 Å². The van der Waals surface area contributed by atoms with E-state index in [2.05, 4.69) is 4.74 Å². The topological polar surface area (TPSA) is 72.5 Å². The second-order valence-electron chi connectivity index (χ2n) is 3.68. The van der Waals surface area contributed by atoms with Gasteiger partial charge in [0.05, 0.1) is 0 Å². The number of hydrogen-bond acceptors (Lipinski definition) is 4. The summed E-state index contributed by atoms with van der Waals surface area (Å²) in [7, 11) is 0.961. The summed E-state index contributed by atoms with van der Waals surface area (Å²) in [4.78, 5) is 10.4. The molecule has 0 amide bonds. The summed E-state index contributed by atoms with van der Waals surface area (Å²) in [6, 6.07) is 4.96. The molecule has 0 unspecified atom stereocenters. The Kier molecular flexibility index (Phi) is 4.10. The fraction of sp³-hybridized carbons (Fsp3) is 0.364. The molecule has 0 aliphatic rings. The van der Waals surface area contributed by atoms with Crippen molar-refractivity contribution in [2.75, 3.05) is 7.11 Å². The van der Waals surface area contributed by atoms with Crippen LogP contribution in [0.4, 0.5) is 13.2 Å². The number of ether oxygens (including phenoxy) is 1. The number of nitrogens with two attached hydrogens (primary N) is 1. The predicted molar refractivity (Wildman–Crippen MR) is 56.8 cm³/mol. The molecule has 0 bridgehead atoms. The fourth-order valence-electron chi connectivity index (χ4n) is 1.45. The molecule has 0 fully saturated rings. The van der Waals surface area contributed by atoms with Crippen LogP contribution in [0.1, 0.15) is 15.9 Å². The first-order valence-electron chi connectivity index (χ1n) is 4.90. The Bertz CT molecular complexity index is 419. The van der Waals surface area contributed by atoms with Crippen molar-refractivity contribution in [1.82, 2.24) is 0 Å². The number of aliphatic hydroxyl groups is 1. The molecule has 1 rings (SSSR count). The molecule has 0 aliphatic heterocycles. The molecule has 0 saturated carbocycles. The van der Waals surface area contributed by atoms with E-state index in [9.17, 15) is 23.1 Å². The van der Waals surface area contributed by atoms with Gasteiger partial charge in [-0.25, -0.2) is 0 Å². The lowest BCUT2D eigenvalue weighted by molar-refractivity contribution is -0.265. The molecule has 3 N–H and O–H groups in total. The van der Waals surface area contributed by atoms with Gasteiger partial charge in [0.2, 0.25) is 0 Å². The molecule has 100 valence electrons. The summed E-state index contributed by atoms with van der Waals surface area (Å²) in [5, 5.41) is 9.24. The van der Waals surface area contributed by atoms with E-state index in [0.29, 0.717) is 6.29 Å². The highest BCUT2D eigenvalue weighted by Crippen LogP contribution is 2.33. The highest BCUT2D eigenvalue weighted by molar-refractivity contribution is 5.74. The van der Waals surface area contributed by atoms with Crippen LogP contribution in [0.2, 0.25) is 0 Å². The number of aliphatic hydroxyl groups excluding tert-OH is 1. The highest BCUT2D eigenvalue weighted by atomic mass is 19.4. The zero-order chi connectivity index (χ0) is 14.0. The summed E-state index contributed by atoms with van der Waals surface area (Å²) >= 11 is 0. The third kappa shape index (κ3) is 2.69. The Labute approximate surface area is 101 Å². The minimum absolute atomic E-state index is 0.0829. The molecule has 2 atom stereocenters. The average Bonchev–Trinajstić information content (AvgIpc) is 2.36. The smallest absolute Gasteiger partial charge is 0.380 e. The van der Waals surface area contributed by atoms with Crippen LogP contribution in [0.15, 0.2) is 24.3 Å². The number of hydrogen-bond donors (Lipinski definition) is 2. The summed E-state index contributed by atoms with van der Waals surface area (Å²) in [6.07, 6.45) is -7.26. The summed E-state index contributed by atoms with van der Waals surface area (Å²) in [5.41, 5.74) is 3.24. The molecule has 0 aromatic heterocycles. The number of alkyl halides is 3. The number of aldehydes is 1. The highest BCUT2D eigenvalue weighted by Gasteiger charge is 2.52. The van der Waals surface area contributed by atoms with Crippen molar-refractivity contribution in [3.8, 4) is 0 Å². The third-order valence-electron chi connectivity index (χ3n) is 2.55. The largest absolute Gasteiger partial charge is 0.418 e. The van der Waals surface area contributed by atoms with Crippen molar-refractivity contribution in [1.29, 1.82) is 0 Å². The van der Waals surface area contributed by atoms with Crippen molar-refractivity contribution in [3.05, 3.63) is 35.4 Å². The molecular weight excluding hydrogens is 251 g/mol. The van der Waals surface area contributed by atoms with E-state index in [1.54, 1.807) is 0 Å². The molecule has 1 aromatic rings. The van der Waals surface area contributed by atoms with E-state index in [1.165, 1.54) is 24.3 Å². The van der Waals surface area contributed by atoms with Crippen LogP contribution in [0, 0.1) is 0 Å². The monoisotopic (exact) mass is 263 g/mol. The molecule has 18 heavy (non-hydrogen) atoms. The van der Waals surface area contributed by atoms with Crippen LogP contribution in [0.3, 0.4) is 0 Å². The number of methoxy groups -OCH3 is 1. The van der Waals surface area contributed by atoms with Gasteiger partial charge in [-0.3, -0.25) is 10.5 Å². The van der Waals surface area contributed by atoms with E-state index in [0.717, 1.165) is 7.11 Å². The zero-order valence-corrected chi connectivity index (χ0v) is 9.44. The Morgan fingerprint density at radius 3 is 2.17 bits per heavy atom. The summed E-state index contributed by atoms with van der Waals surface area (Å²) in [5.74, 6) is 0. The standard InChI is InChI=1S/C11H12F3NO3/c1-18-10(15,9(17)11(12,13)14)8-4-2-7(6-16)3-5-8/h2-6,9,17H,15H2,1H3/t9-,10+/m1/s1. The van der Waals surface area contributed by atoms with Gasteiger partial charge in [0.15, 0.2) is 11.8 Å². The van der Waals surface area contributed by atoms with Gasteiger partial charge in [0.25, 0.3) is 0 Å². The first-order chi connectivity index (χ1) is 8.25. The molecule has 7 heteroatoms. The third-order valence-corrected chi connectivity index (χ3v) is 2.55. The maximum absolute atomic E-state index is 12.5. The lowest BCUT2D eigenvalue weighted by atomic mass is 9.96. The van der Waals surface area contributed by atoms with E-state index in [4.69, 9.17) is 5.73 Å². The Morgan fingerprint density at radius 1 is 1.33 bits per heavy atom. The molecule has 0 saturated heterocycles. The fourth-order valence-corrected chi connectivity index (χ4v) is 1.45. The van der Waals surface area contributed by atoms with Crippen molar-refractivity contribution in [2.45, 2.75) is 18.0 Å². The van der Waals surface area contributed by atoms with Gasteiger partial charge in [-0.1, -0.05) is 24.3 Å². The first-order valence-corrected chi connectivity index (χ1v) is 4.90. The van der Waals surface area contributed by atoms with Gasteiger partial charge in [0.1, 0.15) is 6.29 Å². The normalized spacial score (nSPS) is 17.0. The van der Waals surface area contributed by atoms with Crippen LogP contribution < -0.4 is 5.73 Å². The van der Waals surface area contributed by atoms with E-state index >= 15 is 0 Å². The maximum Gasteiger partial charge on any atom is 0.418 e. The Balaban J connectivity index is 3.17. The second kappa shape index (κ2) is 5.05. The Morgan fingerprint density at radius 2 is 1.83 bits per heavy atom. The number of benzene rings is 1. The zero-order valence-electron chi connectivity index (χ0n) is 9.44. The maximum atomic E-state index is 12.5. The van der Waals surface area contributed by atoms with Crippen LogP contribution >= 0.6 is 0 Å². The lowest BCUT2D eigenvalue weighted by Gasteiger charge is -2.34. The van der Waals surface area contributed by atoms with Crippen LogP contribution in [0.5, 0.6) is 0 Å². The van der Waals surface area contributed by atoms with Gasteiger partial charge < -0.3 is 9.84 Å². The number of carbonyl (C=O) groups is 1. The molecule has 0 radical (unpaired) electrons. The quantitative estimate of drug-likeness (QED) is 0.632. The molecular formula is C11H12F3NO3. The minimum Gasteiger partial charge on any atom is -0.380 e. The molecule has 0 spiro atoms. The van der Waals surface area contributed by atoms with Crippen LogP contribution in [-0.4, -0.2) is 30.8 Å². The van der Waals surface area contributed by atoms with Crippen molar-refractivity contribution >= 4 is 6.29 Å². The lowest BCUT2D eigenvalue weighted by Crippen LogP contribution is -2.56. The van der Waals surface area contributed by atoms with Crippen molar-refractivity contribution in [2.24, 2.45) is 5.73 Å². The van der Waals surface area contributed by atoms with Gasteiger partial charge >= 0.3 is 6.18 Å². The molecule has 0 heterocycles. The minimum atomic E-state index is -4.92. The van der Waals surface area contributed by atoms with Crippen molar-refractivity contribution in [3.63, 3.8) is 0 Å². The predicted octanol–water partition coefficient (Wildman–Crippen LogP) is 1.18. The molecule has 1 aromatic carbocycles. The molecule has 0 aliphatic carbocycles. The molecule has 4 nitrogen and oxygen atoms in total. The van der Waals surface area contributed by atoms with Gasteiger partial charge in [-0.2, -0.15) is 13.2 Å².